The molecule has 5 heteroatoms. The van der Waals surface area contributed by atoms with Crippen LogP contribution in [0.25, 0.3) is 11.0 Å². The molecule has 2 aromatic heterocycles. The van der Waals surface area contributed by atoms with Gasteiger partial charge in [-0.2, -0.15) is 0 Å². The van der Waals surface area contributed by atoms with E-state index in [4.69, 9.17) is 4.74 Å². The summed E-state index contributed by atoms with van der Waals surface area (Å²) in [6.07, 6.45) is 1.71. The molecule has 3 rings (SSSR count). The maximum atomic E-state index is 5.62. The Morgan fingerprint density at radius 1 is 1.17 bits per heavy atom. The van der Waals surface area contributed by atoms with Gasteiger partial charge in [-0.1, -0.05) is 23.4 Å². The number of fused-ring (bicyclic) bond motifs is 1. The Kier molecular flexibility index (Phi) is 2.64. The lowest BCUT2D eigenvalue weighted by Gasteiger charge is -2.05. The van der Waals surface area contributed by atoms with Crippen LogP contribution in [0.2, 0.25) is 0 Å². The molecule has 18 heavy (non-hydrogen) atoms. The van der Waals surface area contributed by atoms with Crippen molar-refractivity contribution in [2.75, 3.05) is 0 Å². The van der Waals surface area contributed by atoms with Crippen molar-refractivity contribution in [2.45, 2.75) is 6.61 Å². The molecule has 90 valence electrons. The van der Waals surface area contributed by atoms with Crippen LogP contribution in [0, 0.1) is 0 Å². The van der Waals surface area contributed by atoms with E-state index >= 15 is 0 Å². The summed E-state index contributed by atoms with van der Waals surface area (Å²) in [6, 6.07) is 11.5. The van der Waals surface area contributed by atoms with Crippen LogP contribution in [-0.2, 0) is 13.7 Å². The lowest BCUT2D eigenvalue weighted by Crippen LogP contribution is -1.98. The van der Waals surface area contributed by atoms with Gasteiger partial charge in [0.15, 0.2) is 0 Å². The first kappa shape index (κ1) is 10.7. The van der Waals surface area contributed by atoms with Gasteiger partial charge >= 0.3 is 0 Å². The molecule has 0 aliphatic carbocycles. The van der Waals surface area contributed by atoms with Gasteiger partial charge in [-0.25, -0.2) is 9.67 Å². The second kappa shape index (κ2) is 4.44. The molecule has 0 unspecified atom stereocenters. The van der Waals surface area contributed by atoms with Crippen LogP contribution in [0.5, 0.6) is 5.88 Å². The molecule has 3 aromatic rings. The minimum atomic E-state index is 0.438. The fraction of sp³-hybridized carbons (Fsp3) is 0.154. The van der Waals surface area contributed by atoms with Gasteiger partial charge in [0.05, 0.1) is 5.52 Å². The molecule has 0 fully saturated rings. The highest BCUT2D eigenvalue weighted by atomic mass is 16.5. The number of ether oxygens (including phenoxy) is 1. The smallest absolute Gasteiger partial charge is 0.213 e. The maximum absolute atomic E-state index is 5.62. The van der Waals surface area contributed by atoms with Crippen molar-refractivity contribution < 1.29 is 4.74 Å². The largest absolute Gasteiger partial charge is 0.473 e. The highest BCUT2D eigenvalue weighted by molar-refractivity contribution is 5.77. The number of hydrogen-bond donors (Lipinski definition) is 0. The molecular weight excluding hydrogens is 228 g/mol. The van der Waals surface area contributed by atoms with Crippen molar-refractivity contribution in [3.05, 3.63) is 48.2 Å². The molecule has 5 nitrogen and oxygen atoms in total. The summed E-state index contributed by atoms with van der Waals surface area (Å²) < 4.78 is 7.37. The zero-order chi connectivity index (χ0) is 12.4. The molecule has 0 N–H and O–H groups in total. The molecular formula is C13H12N4O. The third-order valence-corrected chi connectivity index (χ3v) is 2.74. The molecule has 0 radical (unpaired) electrons. The summed E-state index contributed by atoms with van der Waals surface area (Å²) in [5.41, 5.74) is 2.87. The van der Waals surface area contributed by atoms with Crippen molar-refractivity contribution in [3.63, 3.8) is 0 Å². The van der Waals surface area contributed by atoms with E-state index in [1.165, 1.54) is 0 Å². The van der Waals surface area contributed by atoms with Crippen molar-refractivity contribution in [3.8, 4) is 5.88 Å². The number of aryl methyl sites for hydroxylation is 1. The summed E-state index contributed by atoms with van der Waals surface area (Å²) in [4.78, 5) is 4.12. The van der Waals surface area contributed by atoms with Crippen molar-refractivity contribution in [2.24, 2.45) is 7.05 Å². The van der Waals surface area contributed by atoms with Gasteiger partial charge in [0.1, 0.15) is 12.1 Å². The highest BCUT2D eigenvalue weighted by Crippen LogP contribution is 2.17. The van der Waals surface area contributed by atoms with E-state index in [1.54, 1.807) is 10.9 Å². The SMILES string of the molecule is Cn1nnc2c(COc3ccccn3)cccc21. The van der Waals surface area contributed by atoms with E-state index in [0.717, 1.165) is 16.6 Å². The molecule has 0 aliphatic heterocycles. The number of hydrogen-bond acceptors (Lipinski definition) is 4. The van der Waals surface area contributed by atoms with E-state index in [9.17, 15) is 0 Å². The Balaban J connectivity index is 1.87. The molecule has 0 saturated heterocycles. The quantitative estimate of drug-likeness (QED) is 0.702. The van der Waals surface area contributed by atoms with Crippen LogP contribution in [0.1, 0.15) is 5.56 Å². The van der Waals surface area contributed by atoms with Crippen LogP contribution in [0.4, 0.5) is 0 Å². The number of nitrogens with zero attached hydrogens (tertiary/aromatic N) is 4. The monoisotopic (exact) mass is 240 g/mol. The Labute approximate surface area is 104 Å². The second-order valence-corrected chi connectivity index (χ2v) is 3.95. The number of rotatable bonds is 3. The minimum Gasteiger partial charge on any atom is -0.473 e. The van der Waals surface area contributed by atoms with Crippen LogP contribution in [-0.4, -0.2) is 20.0 Å². The van der Waals surface area contributed by atoms with E-state index < -0.39 is 0 Å². The lowest BCUT2D eigenvalue weighted by molar-refractivity contribution is 0.295. The zero-order valence-electron chi connectivity index (χ0n) is 9.95. The third kappa shape index (κ3) is 1.90. The summed E-state index contributed by atoms with van der Waals surface area (Å²) in [5, 5.41) is 8.15. The Morgan fingerprint density at radius 2 is 2.11 bits per heavy atom. The van der Waals surface area contributed by atoms with Crippen molar-refractivity contribution >= 4 is 11.0 Å². The average molecular weight is 240 g/mol. The molecule has 0 amide bonds. The molecule has 0 aliphatic rings. The summed E-state index contributed by atoms with van der Waals surface area (Å²) in [5.74, 6) is 0.610. The Bertz CT molecular complexity index is 663. The van der Waals surface area contributed by atoms with Gasteiger partial charge < -0.3 is 4.74 Å². The van der Waals surface area contributed by atoms with E-state index in [1.807, 2.05) is 43.4 Å². The second-order valence-electron chi connectivity index (χ2n) is 3.95. The standard InChI is InChI=1S/C13H12N4O/c1-17-11-6-4-5-10(13(11)15-16-17)9-18-12-7-2-3-8-14-12/h2-8H,9H2,1H3. The van der Waals surface area contributed by atoms with Crippen LogP contribution >= 0.6 is 0 Å². The molecule has 1 aromatic carbocycles. The maximum Gasteiger partial charge on any atom is 0.213 e. The molecule has 0 saturated carbocycles. The highest BCUT2D eigenvalue weighted by Gasteiger charge is 2.07. The van der Waals surface area contributed by atoms with Crippen LogP contribution in [0.15, 0.2) is 42.6 Å². The number of aromatic nitrogens is 4. The molecule has 0 spiro atoms. The molecule has 0 atom stereocenters. The predicted molar refractivity (Wildman–Crippen MR) is 67.1 cm³/mol. The van der Waals surface area contributed by atoms with Crippen molar-refractivity contribution in [1.29, 1.82) is 0 Å². The third-order valence-electron chi connectivity index (χ3n) is 2.74. The van der Waals surface area contributed by atoms with Gasteiger partial charge in [0.2, 0.25) is 5.88 Å². The van der Waals surface area contributed by atoms with Gasteiger partial charge in [0, 0.05) is 24.9 Å². The predicted octanol–water partition coefficient (Wildman–Crippen LogP) is 1.94. The lowest BCUT2D eigenvalue weighted by atomic mass is 10.2. The number of pyridine rings is 1. The fourth-order valence-corrected chi connectivity index (χ4v) is 1.81. The van der Waals surface area contributed by atoms with E-state index in [-0.39, 0.29) is 0 Å². The van der Waals surface area contributed by atoms with Crippen molar-refractivity contribution in [1.82, 2.24) is 20.0 Å². The topological polar surface area (TPSA) is 52.8 Å². The first-order chi connectivity index (χ1) is 8.84. The minimum absolute atomic E-state index is 0.438. The fourth-order valence-electron chi connectivity index (χ4n) is 1.81. The first-order valence-electron chi connectivity index (χ1n) is 5.66. The van der Waals surface area contributed by atoms with E-state index in [0.29, 0.717) is 12.5 Å². The number of benzene rings is 1. The molecule has 0 bridgehead atoms. The van der Waals surface area contributed by atoms with Gasteiger partial charge in [-0.05, 0) is 12.1 Å². The molecule has 2 heterocycles. The van der Waals surface area contributed by atoms with Crippen LogP contribution < -0.4 is 4.74 Å². The summed E-state index contributed by atoms with van der Waals surface area (Å²) in [7, 11) is 1.87. The summed E-state index contributed by atoms with van der Waals surface area (Å²) in [6.45, 7) is 0.438. The van der Waals surface area contributed by atoms with E-state index in [2.05, 4.69) is 15.3 Å². The normalized spacial score (nSPS) is 10.7. The Morgan fingerprint density at radius 3 is 2.94 bits per heavy atom. The average Bonchev–Trinajstić information content (AvgIpc) is 2.80. The summed E-state index contributed by atoms with van der Waals surface area (Å²) >= 11 is 0. The van der Waals surface area contributed by atoms with Gasteiger partial charge in [0.25, 0.3) is 0 Å². The van der Waals surface area contributed by atoms with Gasteiger partial charge in [-0.3, -0.25) is 0 Å². The van der Waals surface area contributed by atoms with Gasteiger partial charge in [-0.15, -0.1) is 5.10 Å². The Hall–Kier alpha value is -2.43. The first-order valence-corrected chi connectivity index (χ1v) is 5.66. The zero-order valence-corrected chi connectivity index (χ0v) is 9.95. The van der Waals surface area contributed by atoms with Crippen LogP contribution in [0.3, 0.4) is 0 Å².